The highest BCUT2D eigenvalue weighted by atomic mass is 79.9. The first-order chi connectivity index (χ1) is 7.24. The van der Waals surface area contributed by atoms with Gasteiger partial charge in [0.2, 0.25) is 11.8 Å². The van der Waals surface area contributed by atoms with E-state index in [-0.39, 0.29) is 6.61 Å². The number of rotatable bonds is 3. The summed E-state index contributed by atoms with van der Waals surface area (Å²) in [7, 11) is 0. The topological polar surface area (TPSA) is 61.3 Å². The van der Waals surface area contributed by atoms with E-state index in [1.54, 1.807) is 0 Å². The molecule has 0 saturated heterocycles. The van der Waals surface area contributed by atoms with Crippen LogP contribution in [0.3, 0.4) is 0 Å². The highest BCUT2D eigenvalue weighted by Gasteiger charge is 2.02. The van der Waals surface area contributed by atoms with Crippen LogP contribution in [0.1, 0.15) is 5.89 Å². The van der Waals surface area contributed by atoms with Crippen LogP contribution in [-0.2, 0) is 6.61 Å². The van der Waals surface area contributed by atoms with Crippen LogP contribution in [0.15, 0.2) is 39.4 Å². The standard InChI is InChI=1S/C10H9BrN2O2/c11-7-2-1-3-8(4-7)14-6-10-13-5-9(12)15-10/h1-5H,6,12H2. The molecule has 0 aliphatic carbocycles. The first-order valence-corrected chi connectivity index (χ1v) is 5.12. The van der Waals surface area contributed by atoms with Crippen LogP contribution in [0.2, 0.25) is 0 Å². The second-order valence-corrected chi connectivity index (χ2v) is 3.82. The summed E-state index contributed by atoms with van der Waals surface area (Å²) in [6.45, 7) is 0.271. The molecule has 0 spiro atoms. The quantitative estimate of drug-likeness (QED) is 0.930. The molecule has 0 fully saturated rings. The van der Waals surface area contributed by atoms with Crippen molar-refractivity contribution in [2.75, 3.05) is 5.73 Å². The lowest BCUT2D eigenvalue weighted by Gasteiger charge is -2.03. The number of oxazole rings is 1. The Morgan fingerprint density at radius 3 is 3.00 bits per heavy atom. The van der Waals surface area contributed by atoms with Gasteiger partial charge in [-0.15, -0.1) is 0 Å². The Kier molecular flexibility index (Phi) is 2.91. The zero-order valence-electron chi connectivity index (χ0n) is 7.81. The third-order valence-corrected chi connectivity index (χ3v) is 2.22. The van der Waals surface area contributed by atoms with E-state index in [2.05, 4.69) is 20.9 Å². The maximum Gasteiger partial charge on any atom is 0.234 e. The van der Waals surface area contributed by atoms with E-state index in [1.165, 1.54) is 6.20 Å². The minimum absolute atomic E-state index is 0.271. The van der Waals surface area contributed by atoms with Gasteiger partial charge in [-0.25, -0.2) is 4.98 Å². The van der Waals surface area contributed by atoms with Crippen molar-refractivity contribution in [2.45, 2.75) is 6.61 Å². The number of anilines is 1. The summed E-state index contributed by atoms with van der Waals surface area (Å²) < 4.78 is 11.5. The fraction of sp³-hybridized carbons (Fsp3) is 0.100. The van der Waals surface area contributed by atoms with Crippen molar-refractivity contribution in [3.8, 4) is 5.75 Å². The van der Waals surface area contributed by atoms with E-state index < -0.39 is 0 Å². The minimum atomic E-state index is 0.271. The van der Waals surface area contributed by atoms with Crippen LogP contribution in [0.25, 0.3) is 0 Å². The average molecular weight is 269 g/mol. The van der Waals surface area contributed by atoms with Gasteiger partial charge in [0.1, 0.15) is 5.75 Å². The van der Waals surface area contributed by atoms with E-state index >= 15 is 0 Å². The lowest BCUT2D eigenvalue weighted by atomic mass is 10.3. The van der Waals surface area contributed by atoms with Gasteiger partial charge in [0.15, 0.2) is 6.61 Å². The number of hydrogen-bond donors (Lipinski definition) is 1. The van der Waals surface area contributed by atoms with E-state index in [9.17, 15) is 0 Å². The third-order valence-electron chi connectivity index (χ3n) is 1.73. The first kappa shape index (κ1) is 10.0. The Bertz CT molecular complexity index is 456. The molecule has 2 rings (SSSR count). The fourth-order valence-corrected chi connectivity index (χ4v) is 1.47. The van der Waals surface area contributed by atoms with Crippen molar-refractivity contribution >= 4 is 21.8 Å². The number of nitrogens with two attached hydrogens (primary N) is 1. The smallest absolute Gasteiger partial charge is 0.234 e. The number of aromatic nitrogens is 1. The zero-order chi connectivity index (χ0) is 10.7. The van der Waals surface area contributed by atoms with Crippen LogP contribution < -0.4 is 10.5 Å². The van der Waals surface area contributed by atoms with Gasteiger partial charge in [-0.2, -0.15) is 0 Å². The predicted octanol–water partition coefficient (Wildman–Crippen LogP) is 2.60. The molecule has 15 heavy (non-hydrogen) atoms. The van der Waals surface area contributed by atoms with E-state index in [4.69, 9.17) is 14.9 Å². The molecule has 1 aromatic heterocycles. The number of hydrogen-bond acceptors (Lipinski definition) is 4. The number of benzene rings is 1. The molecule has 0 saturated carbocycles. The van der Waals surface area contributed by atoms with Gasteiger partial charge in [-0.1, -0.05) is 22.0 Å². The van der Waals surface area contributed by atoms with Crippen LogP contribution in [-0.4, -0.2) is 4.98 Å². The van der Waals surface area contributed by atoms with E-state index in [0.717, 1.165) is 10.2 Å². The fourth-order valence-electron chi connectivity index (χ4n) is 1.09. The molecular weight excluding hydrogens is 260 g/mol. The first-order valence-electron chi connectivity index (χ1n) is 4.32. The lowest BCUT2D eigenvalue weighted by Crippen LogP contribution is -1.95. The van der Waals surface area contributed by atoms with Crippen LogP contribution in [0, 0.1) is 0 Å². The normalized spacial score (nSPS) is 10.2. The zero-order valence-corrected chi connectivity index (χ0v) is 9.40. The number of ether oxygens (including phenoxy) is 1. The van der Waals surface area contributed by atoms with Crippen LogP contribution in [0.5, 0.6) is 5.75 Å². The molecular formula is C10H9BrN2O2. The van der Waals surface area contributed by atoms with Gasteiger partial charge in [-0.3, -0.25) is 0 Å². The second-order valence-electron chi connectivity index (χ2n) is 2.90. The number of nitrogens with zero attached hydrogens (tertiary/aromatic N) is 1. The molecule has 5 heteroatoms. The molecule has 0 atom stereocenters. The molecule has 0 amide bonds. The van der Waals surface area contributed by atoms with Crippen molar-refractivity contribution < 1.29 is 9.15 Å². The van der Waals surface area contributed by atoms with Gasteiger partial charge in [0.25, 0.3) is 0 Å². The third kappa shape index (κ3) is 2.73. The maximum atomic E-state index is 5.44. The maximum absolute atomic E-state index is 5.44. The van der Waals surface area contributed by atoms with Gasteiger partial charge in [-0.05, 0) is 18.2 Å². The Morgan fingerprint density at radius 1 is 1.47 bits per heavy atom. The summed E-state index contributed by atoms with van der Waals surface area (Å²) in [5, 5.41) is 0. The summed E-state index contributed by atoms with van der Waals surface area (Å²) in [6, 6.07) is 7.54. The SMILES string of the molecule is Nc1cnc(COc2cccc(Br)c2)o1. The average Bonchev–Trinajstić information content (AvgIpc) is 2.62. The van der Waals surface area contributed by atoms with Crippen molar-refractivity contribution in [1.29, 1.82) is 0 Å². The molecule has 4 nitrogen and oxygen atoms in total. The Morgan fingerprint density at radius 2 is 2.33 bits per heavy atom. The van der Waals surface area contributed by atoms with Gasteiger partial charge >= 0.3 is 0 Å². The summed E-state index contributed by atoms with van der Waals surface area (Å²) >= 11 is 3.35. The Balaban J connectivity index is 1.99. The summed E-state index contributed by atoms with van der Waals surface area (Å²) in [6.07, 6.45) is 1.46. The summed E-state index contributed by atoms with van der Waals surface area (Å²) in [4.78, 5) is 3.92. The molecule has 0 bridgehead atoms. The highest BCUT2D eigenvalue weighted by molar-refractivity contribution is 9.10. The van der Waals surface area contributed by atoms with Crippen molar-refractivity contribution in [3.63, 3.8) is 0 Å². The van der Waals surface area contributed by atoms with E-state index in [1.807, 2.05) is 24.3 Å². The summed E-state index contributed by atoms with van der Waals surface area (Å²) in [5.41, 5.74) is 5.38. The largest absolute Gasteiger partial charge is 0.484 e. The van der Waals surface area contributed by atoms with Crippen molar-refractivity contribution in [2.24, 2.45) is 0 Å². The highest BCUT2D eigenvalue weighted by Crippen LogP contribution is 2.18. The Labute approximate surface area is 95.2 Å². The van der Waals surface area contributed by atoms with E-state index in [0.29, 0.717) is 11.8 Å². The van der Waals surface area contributed by atoms with Crippen molar-refractivity contribution in [3.05, 3.63) is 40.8 Å². The number of halogens is 1. The monoisotopic (exact) mass is 268 g/mol. The molecule has 0 unspecified atom stereocenters. The second kappa shape index (κ2) is 4.35. The summed E-state index contributed by atoms with van der Waals surface area (Å²) in [5.74, 6) is 1.51. The molecule has 2 aromatic rings. The molecule has 0 aliphatic heterocycles. The lowest BCUT2D eigenvalue weighted by molar-refractivity contribution is 0.265. The van der Waals surface area contributed by atoms with Crippen LogP contribution >= 0.6 is 15.9 Å². The minimum Gasteiger partial charge on any atom is -0.484 e. The molecule has 78 valence electrons. The van der Waals surface area contributed by atoms with Crippen molar-refractivity contribution in [1.82, 2.24) is 4.98 Å². The molecule has 2 N–H and O–H groups in total. The predicted molar refractivity (Wildman–Crippen MR) is 59.4 cm³/mol. The molecule has 1 heterocycles. The van der Waals surface area contributed by atoms with Gasteiger partial charge in [0.05, 0.1) is 6.20 Å². The van der Waals surface area contributed by atoms with Crippen LogP contribution in [0.4, 0.5) is 5.88 Å². The molecule has 0 radical (unpaired) electrons. The van der Waals surface area contributed by atoms with Gasteiger partial charge < -0.3 is 14.9 Å². The van der Waals surface area contributed by atoms with Gasteiger partial charge in [0, 0.05) is 4.47 Å². The number of nitrogen functional groups attached to an aromatic ring is 1. The molecule has 0 aliphatic rings. The molecule has 1 aromatic carbocycles. The Hall–Kier alpha value is -1.49.